The third-order valence-electron chi connectivity index (χ3n) is 5.05. The highest BCUT2D eigenvalue weighted by Gasteiger charge is 2.32. The third kappa shape index (κ3) is 5.82. The number of alkyl halides is 3. The van der Waals surface area contributed by atoms with Crippen LogP contribution >= 0.6 is 0 Å². The van der Waals surface area contributed by atoms with Crippen LogP contribution < -0.4 is 5.32 Å². The second-order valence-electron chi connectivity index (χ2n) is 7.23. The molecule has 2 amide bonds. The van der Waals surface area contributed by atoms with Gasteiger partial charge in [-0.3, -0.25) is 9.59 Å². The van der Waals surface area contributed by atoms with Gasteiger partial charge in [0.2, 0.25) is 11.8 Å². The maximum atomic E-state index is 12.9. The van der Waals surface area contributed by atoms with Gasteiger partial charge in [0.1, 0.15) is 0 Å². The zero-order chi connectivity index (χ0) is 20.9. The van der Waals surface area contributed by atoms with E-state index in [9.17, 15) is 22.8 Å². The highest BCUT2D eigenvalue weighted by molar-refractivity contribution is 5.83. The molecule has 0 bridgehead atoms. The van der Waals surface area contributed by atoms with E-state index in [1.54, 1.807) is 6.07 Å². The molecule has 1 heterocycles. The molecule has 0 radical (unpaired) electrons. The van der Waals surface area contributed by atoms with Gasteiger partial charge in [-0.25, -0.2) is 0 Å². The average molecular weight is 404 g/mol. The fourth-order valence-electron chi connectivity index (χ4n) is 3.47. The molecule has 0 aromatic heterocycles. The molecular weight excluding hydrogens is 381 g/mol. The molecule has 3 rings (SSSR count). The number of amides is 2. The summed E-state index contributed by atoms with van der Waals surface area (Å²) in [6.45, 7) is 0.781. The Morgan fingerprint density at radius 3 is 2.52 bits per heavy atom. The van der Waals surface area contributed by atoms with Gasteiger partial charge in [0.05, 0.1) is 11.5 Å². The maximum absolute atomic E-state index is 12.9. The second kappa shape index (κ2) is 9.11. The zero-order valence-corrected chi connectivity index (χ0v) is 15.9. The smallest absolute Gasteiger partial charge is 0.355 e. The predicted octanol–water partition coefficient (Wildman–Crippen LogP) is 3.80. The number of halogens is 3. The van der Waals surface area contributed by atoms with Gasteiger partial charge >= 0.3 is 6.18 Å². The Morgan fingerprint density at radius 2 is 1.79 bits per heavy atom. The minimum Gasteiger partial charge on any atom is -0.355 e. The van der Waals surface area contributed by atoms with Crippen molar-refractivity contribution in [2.24, 2.45) is 5.92 Å². The van der Waals surface area contributed by atoms with Crippen molar-refractivity contribution in [2.75, 3.05) is 13.1 Å². The van der Waals surface area contributed by atoms with E-state index in [-0.39, 0.29) is 37.2 Å². The minimum absolute atomic E-state index is 0.0660. The van der Waals surface area contributed by atoms with Gasteiger partial charge in [-0.05, 0) is 36.1 Å². The Kier molecular flexibility index (Phi) is 6.56. The number of piperidine rings is 1. The van der Waals surface area contributed by atoms with Crippen LogP contribution in [0.25, 0.3) is 0 Å². The molecule has 4 nitrogen and oxygen atoms in total. The largest absolute Gasteiger partial charge is 0.416 e. The first-order chi connectivity index (χ1) is 13.8. The standard InChI is InChI=1S/C22H23F3N2O2/c23-22(24,25)19-8-4-7-17(13-19)14-27-15-18(9-10-20(27)28)21(29)26-12-11-16-5-2-1-3-6-16/h1-8,13,18H,9-12,14-15H2,(H,26,29)/t18-/m1/s1. The highest BCUT2D eigenvalue weighted by atomic mass is 19.4. The molecule has 0 aliphatic carbocycles. The van der Waals surface area contributed by atoms with Crippen LogP contribution in [0, 0.1) is 5.92 Å². The number of nitrogens with one attached hydrogen (secondary N) is 1. The van der Waals surface area contributed by atoms with Gasteiger partial charge < -0.3 is 10.2 Å². The second-order valence-corrected chi connectivity index (χ2v) is 7.23. The first-order valence-electron chi connectivity index (χ1n) is 9.58. The Bertz CT molecular complexity index is 853. The van der Waals surface area contributed by atoms with Crippen LogP contribution in [0.1, 0.15) is 29.5 Å². The molecule has 1 aliphatic rings. The van der Waals surface area contributed by atoms with Crippen molar-refractivity contribution in [1.82, 2.24) is 10.2 Å². The van der Waals surface area contributed by atoms with E-state index in [0.717, 1.165) is 17.7 Å². The highest BCUT2D eigenvalue weighted by Crippen LogP contribution is 2.30. The molecule has 7 heteroatoms. The van der Waals surface area contributed by atoms with E-state index in [0.29, 0.717) is 24.9 Å². The molecule has 0 spiro atoms. The monoisotopic (exact) mass is 404 g/mol. The van der Waals surface area contributed by atoms with Crippen LogP contribution in [0.2, 0.25) is 0 Å². The van der Waals surface area contributed by atoms with Crippen molar-refractivity contribution in [1.29, 1.82) is 0 Å². The summed E-state index contributed by atoms with van der Waals surface area (Å²) in [7, 11) is 0. The van der Waals surface area contributed by atoms with Crippen LogP contribution in [0.3, 0.4) is 0 Å². The number of benzene rings is 2. The summed E-state index contributed by atoms with van der Waals surface area (Å²) < 4.78 is 38.7. The van der Waals surface area contributed by atoms with Gasteiger partial charge in [-0.2, -0.15) is 13.2 Å². The molecule has 1 fully saturated rings. The van der Waals surface area contributed by atoms with Crippen LogP contribution in [0.15, 0.2) is 54.6 Å². The Hall–Kier alpha value is -2.83. The summed E-state index contributed by atoms with van der Waals surface area (Å²) in [5.41, 5.74) is 0.783. The van der Waals surface area contributed by atoms with Gasteiger partial charge in [-0.1, -0.05) is 42.5 Å². The molecule has 29 heavy (non-hydrogen) atoms. The van der Waals surface area contributed by atoms with Crippen LogP contribution in [0.5, 0.6) is 0 Å². The quantitative estimate of drug-likeness (QED) is 0.796. The first kappa shape index (κ1) is 20.9. The summed E-state index contributed by atoms with van der Waals surface area (Å²) in [5, 5.41) is 2.90. The topological polar surface area (TPSA) is 49.4 Å². The van der Waals surface area contributed by atoms with Crippen molar-refractivity contribution in [2.45, 2.75) is 32.0 Å². The number of hydrogen-bond acceptors (Lipinski definition) is 2. The molecule has 1 N–H and O–H groups in total. The van der Waals surface area contributed by atoms with Crippen LogP contribution in [0.4, 0.5) is 13.2 Å². The fraction of sp³-hybridized carbons (Fsp3) is 0.364. The fourth-order valence-corrected chi connectivity index (χ4v) is 3.47. The molecule has 2 aromatic carbocycles. The third-order valence-corrected chi connectivity index (χ3v) is 5.05. The molecule has 154 valence electrons. The summed E-state index contributed by atoms with van der Waals surface area (Å²) >= 11 is 0. The van der Waals surface area contributed by atoms with Crippen molar-refractivity contribution >= 4 is 11.8 Å². The number of rotatable bonds is 6. The molecule has 2 aromatic rings. The molecule has 0 unspecified atom stereocenters. The minimum atomic E-state index is -4.43. The van der Waals surface area contributed by atoms with E-state index in [4.69, 9.17) is 0 Å². The van der Waals surface area contributed by atoms with Crippen molar-refractivity contribution in [3.05, 3.63) is 71.3 Å². The average Bonchev–Trinajstić information content (AvgIpc) is 2.70. The van der Waals surface area contributed by atoms with E-state index in [1.807, 2.05) is 30.3 Å². The summed E-state index contributed by atoms with van der Waals surface area (Å²) in [6, 6.07) is 14.7. The summed E-state index contributed by atoms with van der Waals surface area (Å²) in [4.78, 5) is 26.2. The van der Waals surface area contributed by atoms with Crippen molar-refractivity contribution in [3.63, 3.8) is 0 Å². The Balaban J connectivity index is 1.56. The lowest BCUT2D eigenvalue weighted by Crippen LogP contribution is -2.45. The van der Waals surface area contributed by atoms with Gasteiger partial charge in [0, 0.05) is 26.1 Å². The lowest BCUT2D eigenvalue weighted by Gasteiger charge is -2.32. The van der Waals surface area contributed by atoms with Crippen molar-refractivity contribution < 1.29 is 22.8 Å². The number of hydrogen-bond donors (Lipinski definition) is 1. The van der Waals surface area contributed by atoms with E-state index in [1.165, 1.54) is 11.0 Å². The maximum Gasteiger partial charge on any atom is 0.416 e. The van der Waals surface area contributed by atoms with E-state index in [2.05, 4.69) is 5.32 Å². The number of nitrogens with zero attached hydrogens (tertiary/aromatic N) is 1. The lowest BCUT2D eigenvalue weighted by atomic mass is 9.96. The van der Waals surface area contributed by atoms with Crippen LogP contribution in [-0.4, -0.2) is 29.8 Å². The SMILES string of the molecule is O=C(NCCc1ccccc1)[C@@H]1CCC(=O)N(Cc2cccc(C(F)(F)F)c2)C1. The summed E-state index contributed by atoms with van der Waals surface area (Å²) in [5.74, 6) is -0.618. The first-order valence-corrected chi connectivity index (χ1v) is 9.58. The predicted molar refractivity (Wildman–Crippen MR) is 103 cm³/mol. The molecule has 1 saturated heterocycles. The van der Waals surface area contributed by atoms with Gasteiger partial charge in [0.15, 0.2) is 0 Å². The van der Waals surface area contributed by atoms with Crippen LogP contribution in [-0.2, 0) is 28.7 Å². The zero-order valence-electron chi connectivity index (χ0n) is 15.9. The summed E-state index contributed by atoms with van der Waals surface area (Å²) in [6.07, 6.45) is -3.04. The Morgan fingerprint density at radius 1 is 1.07 bits per heavy atom. The lowest BCUT2D eigenvalue weighted by molar-refractivity contribution is -0.139. The number of likely N-dealkylation sites (tertiary alicyclic amines) is 1. The molecule has 1 aliphatic heterocycles. The van der Waals surface area contributed by atoms with E-state index < -0.39 is 11.7 Å². The van der Waals surface area contributed by atoms with E-state index >= 15 is 0 Å². The number of carbonyl (C=O) groups excluding carboxylic acids is 2. The van der Waals surface area contributed by atoms with Gasteiger partial charge in [-0.15, -0.1) is 0 Å². The molecular formula is C22H23F3N2O2. The van der Waals surface area contributed by atoms with Crippen molar-refractivity contribution in [3.8, 4) is 0 Å². The number of carbonyl (C=O) groups is 2. The Labute approximate surface area is 167 Å². The molecule has 1 atom stereocenters. The van der Waals surface area contributed by atoms with Gasteiger partial charge in [0.25, 0.3) is 0 Å². The molecule has 0 saturated carbocycles. The normalized spacial score (nSPS) is 17.3.